The summed E-state index contributed by atoms with van der Waals surface area (Å²) in [6, 6.07) is 0. The number of methoxy groups -OCH3 is 1. The van der Waals surface area contributed by atoms with Crippen LogP contribution in [0.2, 0.25) is 0 Å². The Kier molecular flexibility index (Phi) is 6.66. The van der Waals surface area contributed by atoms with E-state index in [1.165, 1.54) is 23.8 Å². The van der Waals surface area contributed by atoms with Crippen LogP contribution in [0.15, 0.2) is 34.4 Å². The van der Waals surface area contributed by atoms with Crippen molar-refractivity contribution in [1.29, 1.82) is 0 Å². The monoisotopic (exact) mass is 462 g/mol. The van der Waals surface area contributed by atoms with Gasteiger partial charge in [-0.1, -0.05) is 45.4 Å². The lowest BCUT2D eigenvalue weighted by Crippen LogP contribution is -2.56. The van der Waals surface area contributed by atoms with Gasteiger partial charge in [0.25, 0.3) is 0 Å². The fraction of sp³-hybridized carbons (Fsp3) is 0.731. The number of allylic oxidation sites excluding steroid dienone is 4. The first-order valence-corrected chi connectivity index (χ1v) is 12.1. The van der Waals surface area contributed by atoms with Gasteiger partial charge in [0.15, 0.2) is 6.29 Å². The largest absolute Gasteiger partial charge is 0.466 e. The fourth-order valence-electron chi connectivity index (χ4n) is 6.16. The Morgan fingerprint density at radius 3 is 2.52 bits per heavy atom. The summed E-state index contributed by atoms with van der Waals surface area (Å²) in [4.78, 5) is 12.5. The van der Waals surface area contributed by atoms with Gasteiger partial charge in [0.05, 0.1) is 19.8 Å². The molecule has 1 heterocycles. The lowest BCUT2D eigenvalue weighted by molar-refractivity contribution is -0.291. The molecule has 3 unspecified atom stereocenters. The number of fused-ring (bicyclic) bond motifs is 3. The van der Waals surface area contributed by atoms with Gasteiger partial charge in [-0.15, -0.1) is 0 Å². The van der Waals surface area contributed by atoms with Gasteiger partial charge in [0.1, 0.15) is 18.3 Å². The van der Waals surface area contributed by atoms with Crippen molar-refractivity contribution in [2.45, 2.75) is 90.5 Å². The van der Waals surface area contributed by atoms with Crippen LogP contribution in [-0.2, 0) is 19.0 Å². The summed E-state index contributed by atoms with van der Waals surface area (Å²) in [6.07, 6.45) is 2.82. The molecule has 0 spiro atoms. The molecule has 1 saturated carbocycles. The van der Waals surface area contributed by atoms with Gasteiger partial charge in [-0.05, 0) is 48.2 Å². The van der Waals surface area contributed by atoms with E-state index in [2.05, 4.69) is 33.8 Å². The smallest absolute Gasteiger partial charge is 0.333 e. The van der Waals surface area contributed by atoms with E-state index >= 15 is 0 Å². The zero-order chi connectivity index (χ0) is 24.1. The molecule has 33 heavy (non-hydrogen) atoms. The van der Waals surface area contributed by atoms with Crippen LogP contribution in [0.3, 0.4) is 0 Å². The number of ether oxygens (including phenoxy) is 3. The first-order valence-electron chi connectivity index (χ1n) is 12.1. The fourth-order valence-corrected chi connectivity index (χ4v) is 6.16. The molecule has 0 amide bonds. The predicted octanol–water partition coefficient (Wildman–Crippen LogP) is 2.79. The van der Waals surface area contributed by atoms with Gasteiger partial charge in [-0.25, -0.2) is 4.79 Å². The molecule has 3 N–H and O–H groups in total. The number of esters is 1. The summed E-state index contributed by atoms with van der Waals surface area (Å²) in [7, 11) is 1.37. The van der Waals surface area contributed by atoms with Crippen LogP contribution < -0.4 is 0 Å². The Balaban J connectivity index is 1.77. The quantitative estimate of drug-likeness (QED) is 0.552. The Morgan fingerprint density at radius 2 is 1.85 bits per heavy atom. The van der Waals surface area contributed by atoms with Gasteiger partial charge in [-0.3, -0.25) is 0 Å². The summed E-state index contributed by atoms with van der Waals surface area (Å²) in [5.74, 6) is 0.0207. The molecule has 4 aliphatic rings. The molecule has 0 aromatic rings. The highest BCUT2D eigenvalue weighted by atomic mass is 16.7. The average molecular weight is 463 g/mol. The molecule has 0 aromatic heterocycles. The van der Waals surface area contributed by atoms with Crippen molar-refractivity contribution >= 4 is 5.97 Å². The summed E-state index contributed by atoms with van der Waals surface area (Å²) in [5, 5.41) is 30.5. The van der Waals surface area contributed by atoms with Crippen molar-refractivity contribution in [2.75, 3.05) is 13.7 Å². The van der Waals surface area contributed by atoms with Crippen LogP contribution in [0.1, 0.15) is 59.8 Å². The topological polar surface area (TPSA) is 105 Å². The summed E-state index contributed by atoms with van der Waals surface area (Å²) in [6.45, 7) is 8.85. The second kappa shape index (κ2) is 8.93. The van der Waals surface area contributed by atoms with Crippen molar-refractivity contribution in [3.8, 4) is 0 Å². The third-order valence-electron chi connectivity index (χ3n) is 8.42. The maximum Gasteiger partial charge on any atom is 0.333 e. The number of rotatable bonds is 4. The third kappa shape index (κ3) is 4.12. The molecule has 4 rings (SSSR count). The van der Waals surface area contributed by atoms with E-state index < -0.39 is 42.1 Å². The molecule has 1 saturated heterocycles. The zero-order valence-electron chi connectivity index (χ0n) is 20.3. The van der Waals surface area contributed by atoms with Crippen molar-refractivity contribution in [2.24, 2.45) is 16.7 Å². The predicted molar refractivity (Wildman–Crippen MR) is 122 cm³/mol. The molecule has 0 radical (unpaired) electrons. The van der Waals surface area contributed by atoms with Crippen molar-refractivity contribution in [3.63, 3.8) is 0 Å². The van der Waals surface area contributed by atoms with E-state index in [4.69, 9.17) is 14.2 Å². The van der Waals surface area contributed by atoms with Crippen molar-refractivity contribution in [1.82, 2.24) is 0 Å². The summed E-state index contributed by atoms with van der Waals surface area (Å²) >= 11 is 0. The van der Waals surface area contributed by atoms with E-state index in [1.54, 1.807) is 0 Å². The molecule has 2 fully saturated rings. The van der Waals surface area contributed by atoms with Crippen molar-refractivity contribution in [3.05, 3.63) is 34.4 Å². The summed E-state index contributed by atoms with van der Waals surface area (Å²) < 4.78 is 17.0. The van der Waals surface area contributed by atoms with Crippen LogP contribution >= 0.6 is 0 Å². The maximum absolute atomic E-state index is 12.5. The van der Waals surface area contributed by atoms with Gasteiger partial charge >= 0.3 is 5.97 Å². The van der Waals surface area contributed by atoms with Crippen LogP contribution in [-0.4, -0.2) is 65.7 Å². The molecule has 3 aliphatic carbocycles. The second-order valence-electron chi connectivity index (χ2n) is 10.9. The lowest BCUT2D eigenvalue weighted by Gasteiger charge is -2.50. The molecule has 7 nitrogen and oxygen atoms in total. The molecular weight excluding hydrogens is 424 g/mol. The van der Waals surface area contributed by atoms with Crippen LogP contribution in [0.4, 0.5) is 0 Å². The molecule has 0 bridgehead atoms. The standard InChI is InChI=1S/C26H38O7/c1-14(2)16-8-9-25(3)10-11-26(4)17(20(16)25)7-6-15(23(30)31-5)12-19(26)33-24-22(29)21(28)18(27)13-32-24/h6-7,14,18-19,21-22,24,27-29H,8-13H2,1-5H3/t18?,19-,21-,22?,24-,25?,26+/m0/s1. The number of aliphatic hydroxyl groups is 3. The Bertz CT molecular complexity index is 887. The van der Waals surface area contributed by atoms with E-state index in [-0.39, 0.29) is 12.0 Å². The number of hydrogen-bond acceptors (Lipinski definition) is 7. The van der Waals surface area contributed by atoms with Gasteiger partial charge in [0.2, 0.25) is 0 Å². The minimum Gasteiger partial charge on any atom is -0.466 e. The Labute approximate surface area is 196 Å². The third-order valence-corrected chi connectivity index (χ3v) is 8.42. The Hall–Kier alpha value is -1.51. The van der Waals surface area contributed by atoms with E-state index in [1.807, 2.05) is 6.08 Å². The molecular formula is C26H38O7. The number of carbonyl (C=O) groups is 1. The van der Waals surface area contributed by atoms with Crippen molar-refractivity contribution < 1.29 is 34.3 Å². The first kappa shape index (κ1) is 24.6. The molecule has 184 valence electrons. The van der Waals surface area contributed by atoms with E-state index in [9.17, 15) is 20.1 Å². The number of aliphatic hydroxyl groups excluding tert-OH is 3. The van der Waals surface area contributed by atoms with Crippen LogP contribution in [0.25, 0.3) is 0 Å². The second-order valence-corrected chi connectivity index (χ2v) is 10.9. The number of hydrogen-bond donors (Lipinski definition) is 3. The molecule has 1 aliphatic heterocycles. The van der Waals surface area contributed by atoms with Gasteiger partial charge in [-0.2, -0.15) is 0 Å². The normalized spacial score (nSPS) is 41.2. The first-order chi connectivity index (χ1) is 15.5. The lowest BCUT2D eigenvalue weighted by atomic mass is 9.57. The maximum atomic E-state index is 12.5. The summed E-state index contributed by atoms with van der Waals surface area (Å²) in [5.41, 5.74) is 4.23. The van der Waals surface area contributed by atoms with Crippen LogP contribution in [0, 0.1) is 16.7 Å². The average Bonchev–Trinajstić information content (AvgIpc) is 3.06. The minimum absolute atomic E-state index is 0.0975. The van der Waals surface area contributed by atoms with Gasteiger partial charge in [0, 0.05) is 17.4 Å². The molecule has 7 atom stereocenters. The molecule has 7 heteroatoms. The van der Waals surface area contributed by atoms with E-state index in [0.29, 0.717) is 17.9 Å². The Morgan fingerprint density at radius 1 is 1.12 bits per heavy atom. The van der Waals surface area contributed by atoms with Gasteiger partial charge < -0.3 is 29.5 Å². The van der Waals surface area contributed by atoms with Crippen LogP contribution in [0.5, 0.6) is 0 Å². The highest BCUT2D eigenvalue weighted by Gasteiger charge is 2.53. The SMILES string of the molecule is COC(=O)C1=CC=C2C3=C(C(C)C)CCC3(C)CC[C@@]2(C)[C@@H](O[C@@H]2OCC(O)[C@H](O)C2O)C1. The minimum atomic E-state index is -1.38. The highest BCUT2D eigenvalue weighted by Crippen LogP contribution is 2.62. The van der Waals surface area contributed by atoms with E-state index in [0.717, 1.165) is 25.7 Å². The molecule has 0 aromatic carbocycles. The number of carbonyl (C=O) groups excluding carboxylic acids is 1. The highest BCUT2D eigenvalue weighted by molar-refractivity contribution is 5.89. The zero-order valence-corrected chi connectivity index (χ0v) is 20.3.